The van der Waals surface area contributed by atoms with Crippen LogP contribution in [0.4, 0.5) is 0 Å². The molecule has 0 aliphatic rings. The molecule has 1 N–H and O–H groups in total. The van der Waals surface area contributed by atoms with Gasteiger partial charge in [0.05, 0.1) is 35.2 Å². The number of nitrogens with zero attached hydrogens (tertiary/aromatic N) is 1. The summed E-state index contributed by atoms with van der Waals surface area (Å²) in [7, 11) is 1.28. The van der Waals surface area contributed by atoms with Gasteiger partial charge in [-0.3, -0.25) is 14.4 Å². The van der Waals surface area contributed by atoms with Crippen LogP contribution in [0.15, 0.2) is 41.8 Å². The summed E-state index contributed by atoms with van der Waals surface area (Å²) >= 11 is 1.34. The maximum Gasteiger partial charge on any atom is 0.340 e. The fraction of sp³-hybridized carbons (Fsp3) is 0.292. The van der Waals surface area contributed by atoms with Crippen LogP contribution in [-0.2, 0) is 25.7 Å². The number of aryl methyl sites for hydroxylation is 1. The van der Waals surface area contributed by atoms with Gasteiger partial charge in [-0.25, -0.2) is 9.78 Å². The molecule has 1 aromatic carbocycles. The van der Waals surface area contributed by atoms with Gasteiger partial charge in [0, 0.05) is 24.8 Å². The molecule has 172 valence electrons. The number of amides is 1. The lowest BCUT2D eigenvalue weighted by Gasteiger charge is -2.13. The number of carbonyl (C=O) groups excluding carboxylic acids is 4. The van der Waals surface area contributed by atoms with Crippen molar-refractivity contribution in [3.05, 3.63) is 63.5 Å². The fourth-order valence-electron chi connectivity index (χ4n) is 3.32. The number of Topliss-reactive ketones (excluding diaryl/α,β-unsaturated/α-hetero) is 1. The Bertz CT molecular complexity index is 1170. The van der Waals surface area contributed by atoms with E-state index >= 15 is 0 Å². The number of ketones is 1. The Morgan fingerprint density at radius 3 is 2.55 bits per heavy atom. The number of fused-ring (bicyclic) bond motifs is 1. The van der Waals surface area contributed by atoms with E-state index in [1.807, 2.05) is 29.6 Å². The van der Waals surface area contributed by atoms with Gasteiger partial charge in [0.2, 0.25) is 5.91 Å². The second-order valence-electron chi connectivity index (χ2n) is 7.23. The summed E-state index contributed by atoms with van der Waals surface area (Å²) < 4.78 is 10.2. The van der Waals surface area contributed by atoms with E-state index in [-0.39, 0.29) is 49.7 Å². The van der Waals surface area contributed by atoms with Crippen molar-refractivity contribution >= 4 is 45.9 Å². The van der Waals surface area contributed by atoms with E-state index in [0.717, 1.165) is 5.39 Å². The highest BCUT2D eigenvalue weighted by atomic mass is 32.1. The molecule has 0 aliphatic heterocycles. The van der Waals surface area contributed by atoms with Crippen LogP contribution < -0.4 is 5.32 Å². The SMILES string of the molecule is COC(=O)c1c(COC(=O)CCNC(=O)CCC(=O)c2cccs2)nc2ccccc2c1C. The van der Waals surface area contributed by atoms with Crippen molar-refractivity contribution in [3.8, 4) is 0 Å². The topological polar surface area (TPSA) is 112 Å². The first-order chi connectivity index (χ1) is 15.9. The first-order valence-corrected chi connectivity index (χ1v) is 11.2. The van der Waals surface area contributed by atoms with Crippen LogP contribution in [0.25, 0.3) is 10.9 Å². The number of methoxy groups -OCH3 is 1. The van der Waals surface area contributed by atoms with E-state index in [1.165, 1.54) is 18.4 Å². The Labute approximate surface area is 194 Å². The number of ether oxygens (including phenoxy) is 2. The number of carbonyl (C=O) groups is 4. The number of benzene rings is 1. The third-order valence-corrected chi connectivity index (χ3v) is 5.92. The molecule has 0 saturated heterocycles. The molecular formula is C24H24N2O6S. The number of thiophene rings is 1. The number of pyridine rings is 1. The van der Waals surface area contributed by atoms with Crippen molar-refractivity contribution in [2.45, 2.75) is 32.8 Å². The van der Waals surface area contributed by atoms with Crippen molar-refractivity contribution in [1.29, 1.82) is 0 Å². The maximum absolute atomic E-state index is 12.3. The second kappa shape index (κ2) is 11.3. The number of rotatable bonds is 10. The van der Waals surface area contributed by atoms with Crippen LogP contribution in [0.2, 0.25) is 0 Å². The first-order valence-electron chi connectivity index (χ1n) is 10.4. The molecule has 3 aromatic rings. The fourth-order valence-corrected chi connectivity index (χ4v) is 4.01. The van der Waals surface area contributed by atoms with Gasteiger partial charge in [-0.15, -0.1) is 11.3 Å². The molecule has 2 aromatic heterocycles. The average Bonchev–Trinajstić information content (AvgIpc) is 3.36. The van der Waals surface area contributed by atoms with Crippen LogP contribution in [0.1, 0.15) is 50.5 Å². The largest absolute Gasteiger partial charge is 0.465 e. The van der Waals surface area contributed by atoms with Crippen molar-refractivity contribution in [2.75, 3.05) is 13.7 Å². The monoisotopic (exact) mass is 468 g/mol. The van der Waals surface area contributed by atoms with Crippen LogP contribution in [0, 0.1) is 6.92 Å². The lowest BCUT2D eigenvalue weighted by molar-refractivity contribution is -0.145. The number of aromatic nitrogens is 1. The Hall–Kier alpha value is -3.59. The summed E-state index contributed by atoms with van der Waals surface area (Å²) in [5.41, 5.74) is 1.95. The van der Waals surface area contributed by atoms with Crippen molar-refractivity contribution < 1.29 is 28.7 Å². The molecule has 0 aliphatic carbocycles. The molecule has 0 spiro atoms. The van der Waals surface area contributed by atoms with Gasteiger partial charge in [0.25, 0.3) is 0 Å². The minimum atomic E-state index is -0.554. The molecule has 0 atom stereocenters. The molecule has 2 heterocycles. The van der Waals surface area contributed by atoms with E-state index in [4.69, 9.17) is 9.47 Å². The molecular weight excluding hydrogens is 444 g/mol. The Morgan fingerprint density at radius 1 is 1.03 bits per heavy atom. The van der Waals surface area contributed by atoms with E-state index in [2.05, 4.69) is 10.3 Å². The Kier molecular flexibility index (Phi) is 8.26. The zero-order chi connectivity index (χ0) is 23.8. The molecule has 9 heteroatoms. The third kappa shape index (κ3) is 6.23. The highest BCUT2D eigenvalue weighted by Gasteiger charge is 2.20. The standard InChI is InChI=1S/C24H24N2O6S/c1-15-16-6-3-4-7-17(16)26-18(23(15)24(30)31-2)14-32-22(29)11-12-25-21(28)10-9-19(27)20-8-5-13-33-20/h3-8,13H,9-12,14H2,1-2H3,(H,25,28). The zero-order valence-electron chi connectivity index (χ0n) is 18.4. The third-order valence-electron chi connectivity index (χ3n) is 5.01. The van der Waals surface area contributed by atoms with Crippen LogP contribution in [-0.4, -0.2) is 42.3 Å². The summed E-state index contributed by atoms with van der Waals surface area (Å²) in [6.07, 6.45) is 0.110. The van der Waals surface area contributed by atoms with E-state index in [0.29, 0.717) is 21.7 Å². The van der Waals surface area contributed by atoms with Gasteiger partial charge in [-0.1, -0.05) is 24.3 Å². The molecule has 1 amide bonds. The Balaban J connectivity index is 1.51. The lowest BCUT2D eigenvalue weighted by Crippen LogP contribution is -2.27. The minimum Gasteiger partial charge on any atom is -0.465 e. The summed E-state index contributed by atoms with van der Waals surface area (Å²) in [4.78, 5) is 53.4. The molecule has 0 radical (unpaired) electrons. The number of para-hydroxylation sites is 1. The van der Waals surface area contributed by atoms with Crippen molar-refractivity contribution in [2.24, 2.45) is 0 Å². The summed E-state index contributed by atoms with van der Waals surface area (Å²) in [5.74, 6) is -1.50. The number of nitrogens with one attached hydrogen (secondary N) is 1. The molecule has 0 unspecified atom stereocenters. The zero-order valence-corrected chi connectivity index (χ0v) is 19.2. The Morgan fingerprint density at radius 2 is 1.82 bits per heavy atom. The van der Waals surface area contributed by atoms with Crippen LogP contribution >= 0.6 is 11.3 Å². The summed E-state index contributed by atoms with van der Waals surface area (Å²) in [6, 6.07) is 10.9. The summed E-state index contributed by atoms with van der Waals surface area (Å²) in [6.45, 7) is 1.68. The molecule has 33 heavy (non-hydrogen) atoms. The molecule has 8 nitrogen and oxygen atoms in total. The highest BCUT2D eigenvalue weighted by Crippen LogP contribution is 2.24. The van der Waals surface area contributed by atoms with Crippen molar-refractivity contribution in [3.63, 3.8) is 0 Å². The van der Waals surface area contributed by atoms with Crippen molar-refractivity contribution in [1.82, 2.24) is 10.3 Å². The second-order valence-corrected chi connectivity index (χ2v) is 8.18. The van der Waals surface area contributed by atoms with Gasteiger partial charge in [0.1, 0.15) is 6.61 Å². The smallest absolute Gasteiger partial charge is 0.340 e. The van der Waals surface area contributed by atoms with Gasteiger partial charge in [-0.2, -0.15) is 0 Å². The molecule has 0 saturated carbocycles. The van der Waals surface area contributed by atoms with Gasteiger partial charge in [-0.05, 0) is 30.0 Å². The van der Waals surface area contributed by atoms with Gasteiger partial charge >= 0.3 is 11.9 Å². The normalized spacial score (nSPS) is 10.6. The van der Waals surface area contributed by atoms with E-state index in [1.54, 1.807) is 19.1 Å². The van der Waals surface area contributed by atoms with Crippen LogP contribution in [0.3, 0.4) is 0 Å². The lowest BCUT2D eigenvalue weighted by atomic mass is 10.0. The first kappa shape index (κ1) is 24.1. The van der Waals surface area contributed by atoms with E-state index in [9.17, 15) is 19.2 Å². The highest BCUT2D eigenvalue weighted by molar-refractivity contribution is 7.12. The van der Waals surface area contributed by atoms with Gasteiger partial charge < -0.3 is 14.8 Å². The van der Waals surface area contributed by atoms with E-state index < -0.39 is 11.9 Å². The predicted molar refractivity (Wildman–Crippen MR) is 123 cm³/mol. The molecule has 0 fully saturated rings. The molecule has 0 bridgehead atoms. The van der Waals surface area contributed by atoms with Crippen LogP contribution in [0.5, 0.6) is 0 Å². The predicted octanol–water partition coefficient (Wildman–Crippen LogP) is 3.60. The minimum absolute atomic E-state index is 0.0502. The molecule has 3 rings (SSSR count). The number of hydrogen-bond acceptors (Lipinski definition) is 8. The van der Waals surface area contributed by atoms with Gasteiger partial charge in [0.15, 0.2) is 5.78 Å². The maximum atomic E-state index is 12.3. The number of hydrogen-bond donors (Lipinski definition) is 1. The quantitative estimate of drug-likeness (QED) is 0.357. The average molecular weight is 469 g/mol. The number of esters is 2. The summed E-state index contributed by atoms with van der Waals surface area (Å²) in [5, 5.41) is 5.23.